The highest BCUT2D eigenvalue weighted by atomic mass is 16.5. The molecule has 73 heavy (non-hydrogen) atoms. The van der Waals surface area contributed by atoms with Crippen molar-refractivity contribution in [2.75, 3.05) is 33.9 Å². The number of fused-ring (bicyclic) bond motifs is 2. The van der Waals surface area contributed by atoms with E-state index in [1.807, 2.05) is 60.7 Å². The summed E-state index contributed by atoms with van der Waals surface area (Å²) < 4.78 is 7.60. The number of hydrogen-bond donors (Lipinski definition) is 8. The fourth-order valence-electron chi connectivity index (χ4n) is 10.4. The van der Waals surface area contributed by atoms with Gasteiger partial charge in [0.05, 0.1) is 50.1 Å². The largest absolute Gasteiger partial charge is 0.387 e. The molecule has 21 nitrogen and oxygen atoms in total. The summed E-state index contributed by atoms with van der Waals surface area (Å²) in [6, 6.07) is 13.3. The Bertz CT molecular complexity index is 2390. The van der Waals surface area contributed by atoms with Gasteiger partial charge in [0.25, 0.3) is 0 Å². The average Bonchev–Trinajstić information content (AvgIpc) is 4.17. The van der Waals surface area contributed by atoms with Gasteiger partial charge in [-0.1, -0.05) is 91.6 Å². The standard InChI is InChI=1S/C52H74N14O7/c1-33(54-3)47(67)57-39-21-13-11-19-37-23-25-43(65(37)51(39)71)49(69)59-45(35-15-7-5-8-16-35)41(61-53)31-56-27-29-73-30-28-64-32-42(62-63-64)46(36-17-9-6-10-18-36)60-50(70)44-26-24-38-20-12-14-22-40(52(72)66(38)44)58-48(68)34(2)55-4/h5-10,15-18,31-34,37-40,43-46,53-56H,11-14,19-30H2,1-4H3,(H,57,67)(H,58,68)(H,59,69)(H,60,70)/b41-31-,61-53?/t33-,34-,37-,38-,39-,40-,43-,44-,45-,46-/m0/s1. The smallest absolute Gasteiger partial charge is 0.246 e. The first kappa shape index (κ1) is 54.2. The molecular weight excluding hydrogens is 933 g/mol. The van der Waals surface area contributed by atoms with Gasteiger partial charge in [0, 0.05) is 24.8 Å². The van der Waals surface area contributed by atoms with Crippen molar-refractivity contribution in [2.45, 2.75) is 158 Å². The Morgan fingerprint density at radius 2 is 1.23 bits per heavy atom. The predicted molar refractivity (Wildman–Crippen MR) is 271 cm³/mol. The van der Waals surface area contributed by atoms with E-state index in [9.17, 15) is 28.8 Å². The number of benzene rings is 2. The van der Waals surface area contributed by atoms with Crippen LogP contribution >= 0.6 is 0 Å². The molecule has 10 atom stereocenters. The van der Waals surface area contributed by atoms with Crippen LogP contribution in [-0.2, 0) is 40.0 Å². The Hall–Kier alpha value is -6.58. The Morgan fingerprint density at radius 3 is 1.77 bits per heavy atom. The minimum Gasteiger partial charge on any atom is -0.387 e. The quantitative estimate of drug-likeness (QED) is 0.0534. The van der Waals surface area contributed by atoms with Crippen molar-refractivity contribution in [3.8, 4) is 0 Å². The third-order valence-corrected chi connectivity index (χ3v) is 14.8. The number of carbonyl (C=O) groups is 6. The predicted octanol–water partition coefficient (Wildman–Crippen LogP) is 2.87. The number of amides is 6. The highest BCUT2D eigenvalue weighted by molar-refractivity contribution is 5.95. The summed E-state index contributed by atoms with van der Waals surface area (Å²) in [6.45, 7) is 4.77. The first-order valence-corrected chi connectivity index (χ1v) is 26.0. The lowest BCUT2D eigenvalue weighted by molar-refractivity contribution is -0.144. The minimum atomic E-state index is -0.795. The maximum Gasteiger partial charge on any atom is 0.246 e. The number of nitrogens with zero attached hydrogens (tertiary/aromatic N) is 6. The molecule has 5 heterocycles. The van der Waals surface area contributed by atoms with Gasteiger partial charge in [0.15, 0.2) is 0 Å². The molecule has 4 aliphatic rings. The van der Waals surface area contributed by atoms with Gasteiger partial charge in [-0.25, -0.2) is 10.2 Å². The van der Waals surface area contributed by atoms with Crippen LogP contribution in [0.2, 0.25) is 0 Å². The van der Waals surface area contributed by atoms with Crippen LogP contribution < -0.4 is 37.2 Å². The number of likely N-dealkylation sites (N-methyl/N-ethyl adjacent to an activating group) is 2. The van der Waals surface area contributed by atoms with Gasteiger partial charge in [-0.2, -0.15) is 5.11 Å². The van der Waals surface area contributed by atoms with Crippen molar-refractivity contribution < 1.29 is 33.5 Å². The van der Waals surface area contributed by atoms with E-state index in [4.69, 9.17) is 10.3 Å². The number of nitrogens with one attached hydrogen (secondary N) is 8. The van der Waals surface area contributed by atoms with E-state index >= 15 is 0 Å². The second-order valence-corrected chi connectivity index (χ2v) is 19.6. The first-order valence-electron chi connectivity index (χ1n) is 26.0. The molecule has 2 aromatic carbocycles. The van der Waals surface area contributed by atoms with Crippen LogP contribution in [0, 0.1) is 5.53 Å². The Kier molecular flexibility index (Phi) is 19.6. The topological polar surface area (TPSA) is 269 Å². The van der Waals surface area contributed by atoms with Gasteiger partial charge in [-0.05, 0) is 90.4 Å². The molecule has 21 heteroatoms. The molecule has 4 saturated heterocycles. The molecule has 0 radical (unpaired) electrons. The van der Waals surface area contributed by atoms with E-state index in [0.717, 1.165) is 44.1 Å². The lowest BCUT2D eigenvalue weighted by atomic mass is 9.98. The van der Waals surface area contributed by atoms with Gasteiger partial charge >= 0.3 is 0 Å². The zero-order valence-corrected chi connectivity index (χ0v) is 42.6. The monoisotopic (exact) mass is 1010 g/mol. The molecule has 4 fully saturated rings. The summed E-state index contributed by atoms with van der Waals surface area (Å²) >= 11 is 0. The molecular formula is C52H74N14O7. The molecule has 394 valence electrons. The van der Waals surface area contributed by atoms with Gasteiger partial charge < -0.3 is 51.8 Å². The van der Waals surface area contributed by atoms with Crippen molar-refractivity contribution in [1.29, 1.82) is 5.53 Å². The Labute approximate surface area is 427 Å². The number of ether oxygens (including phenoxy) is 1. The second kappa shape index (κ2) is 26.4. The van der Waals surface area contributed by atoms with E-state index in [1.165, 1.54) is 0 Å². The first-order chi connectivity index (χ1) is 35.4. The van der Waals surface area contributed by atoms with Crippen molar-refractivity contribution in [2.24, 2.45) is 5.11 Å². The SMILES string of the molecule is CN[C@@H](C)C(=O)N[C@H]1CCCC[C@H]2CC[C@@H](C(=O)N[C@@H](c3ccccc3)c3cn(CCOCCN/C=C(\N=N)[C@@H](NC(=O)[C@@H]4CC[C@@H]5CCCC[C@H](NC(=O)[C@H](C)NC)C(=O)N54)c4ccccc4)nn3)N2C1=O. The lowest BCUT2D eigenvalue weighted by Gasteiger charge is -2.36. The maximum atomic E-state index is 14.3. The molecule has 7 rings (SSSR count). The van der Waals surface area contributed by atoms with Crippen LogP contribution in [0.5, 0.6) is 0 Å². The van der Waals surface area contributed by atoms with E-state index in [1.54, 1.807) is 54.8 Å². The van der Waals surface area contributed by atoms with Crippen molar-refractivity contribution in [3.63, 3.8) is 0 Å². The molecule has 3 aromatic rings. The summed E-state index contributed by atoms with van der Waals surface area (Å²) in [6.07, 6.45) is 11.7. The molecule has 4 aliphatic heterocycles. The van der Waals surface area contributed by atoms with Crippen LogP contribution in [-0.4, -0.2) is 142 Å². The van der Waals surface area contributed by atoms with E-state index < -0.39 is 48.3 Å². The minimum absolute atomic E-state index is 0.0840. The number of aromatic nitrogens is 3. The van der Waals surface area contributed by atoms with Crippen LogP contribution in [0.3, 0.4) is 0 Å². The zero-order chi connectivity index (χ0) is 51.9. The second-order valence-electron chi connectivity index (χ2n) is 19.6. The van der Waals surface area contributed by atoms with Gasteiger partial charge in [0.2, 0.25) is 35.4 Å². The number of carbonyl (C=O) groups excluding carboxylic acids is 6. The molecule has 1 aromatic heterocycles. The number of hydrogen-bond acceptors (Lipinski definition) is 14. The van der Waals surface area contributed by atoms with Crippen LogP contribution in [0.1, 0.15) is 120 Å². The number of rotatable bonds is 22. The van der Waals surface area contributed by atoms with E-state index in [-0.39, 0.29) is 66.4 Å². The van der Waals surface area contributed by atoms with Crippen LogP contribution in [0.15, 0.2) is 83.9 Å². The highest BCUT2D eigenvalue weighted by Crippen LogP contribution is 2.34. The molecule has 0 bridgehead atoms. The Balaban J connectivity index is 0.938. The average molecular weight is 1010 g/mol. The normalized spacial score (nSPS) is 24.0. The Morgan fingerprint density at radius 1 is 0.712 bits per heavy atom. The van der Waals surface area contributed by atoms with E-state index in [0.29, 0.717) is 62.9 Å². The van der Waals surface area contributed by atoms with Crippen molar-refractivity contribution in [3.05, 3.63) is 95.6 Å². The molecule has 0 unspecified atom stereocenters. The summed E-state index contributed by atoms with van der Waals surface area (Å²) in [5, 5.41) is 33.8. The summed E-state index contributed by atoms with van der Waals surface area (Å²) in [4.78, 5) is 85.7. The summed E-state index contributed by atoms with van der Waals surface area (Å²) in [5.41, 5.74) is 10.4. The maximum absolute atomic E-state index is 14.3. The molecule has 8 N–H and O–H groups in total. The third-order valence-electron chi connectivity index (χ3n) is 14.8. The summed E-state index contributed by atoms with van der Waals surface area (Å²) in [5.74, 6) is -1.64. The van der Waals surface area contributed by atoms with Crippen LogP contribution in [0.25, 0.3) is 0 Å². The van der Waals surface area contributed by atoms with E-state index in [2.05, 4.69) is 52.6 Å². The molecule has 0 spiro atoms. The van der Waals surface area contributed by atoms with Gasteiger partial charge in [0.1, 0.15) is 35.6 Å². The van der Waals surface area contributed by atoms with Gasteiger partial charge in [-0.15, -0.1) is 5.10 Å². The third kappa shape index (κ3) is 13.7. The molecule has 0 saturated carbocycles. The fraction of sp³-hybridized carbons (Fsp3) is 0.577. The lowest BCUT2D eigenvalue weighted by Crippen LogP contribution is -2.58. The van der Waals surface area contributed by atoms with Crippen molar-refractivity contribution >= 4 is 35.4 Å². The summed E-state index contributed by atoms with van der Waals surface area (Å²) in [7, 11) is 3.38. The molecule has 6 amide bonds. The van der Waals surface area contributed by atoms with Gasteiger partial charge in [-0.3, -0.25) is 28.8 Å². The van der Waals surface area contributed by atoms with Crippen molar-refractivity contribution in [1.82, 2.24) is 62.0 Å². The van der Waals surface area contributed by atoms with Crippen LogP contribution in [0.4, 0.5) is 0 Å². The fourth-order valence-corrected chi connectivity index (χ4v) is 10.4. The zero-order valence-electron chi connectivity index (χ0n) is 42.6. The molecule has 0 aliphatic carbocycles. The highest BCUT2D eigenvalue weighted by Gasteiger charge is 2.46.